The molecule has 5 rings (SSSR count). The summed E-state index contributed by atoms with van der Waals surface area (Å²) >= 11 is 0. The minimum absolute atomic E-state index is 0.0728. The van der Waals surface area contributed by atoms with E-state index >= 15 is 0 Å². The summed E-state index contributed by atoms with van der Waals surface area (Å²) in [7, 11) is 0. The lowest BCUT2D eigenvalue weighted by Crippen LogP contribution is -2.40. The highest BCUT2D eigenvalue weighted by atomic mass is 19.1. The standard InChI is InChI=1S/C25H25F2N7/c1-6-16-15-12-19(21-17(26)8-7-9-18(21)27)31-32-22(15)25(5,24(16,3)4)20-10-11-28-23(30-20)34-13-29-14(2)33-34/h7-13,16H,6H2,1-5H3/t16-,25-/m0/s1. The average molecular weight is 462 g/mol. The Labute approximate surface area is 196 Å². The van der Waals surface area contributed by atoms with Gasteiger partial charge in [0.15, 0.2) is 0 Å². The van der Waals surface area contributed by atoms with E-state index in [1.54, 1.807) is 25.5 Å². The molecule has 0 bridgehead atoms. The number of fused-ring (bicyclic) bond motifs is 1. The normalized spacial score (nSPS) is 21.0. The quantitative estimate of drug-likeness (QED) is 0.428. The Morgan fingerprint density at radius 3 is 2.41 bits per heavy atom. The first-order valence-corrected chi connectivity index (χ1v) is 11.2. The Morgan fingerprint density at radius 2 is 1.76 bits per heavy atom. The largest absolute Gasteiger partial charge is 0.252 e. The van der Waals surface area contributed by atoms with Gasteiger partial charge in [-0.05, 0) is 61.4 Å². The summed E-state index contributed by atoms with van der Waals surface area (Å²) in [5.41, 5.74) is 1.53. The van der Waals surface area contributed by atoms with Crippen LogP contribution in [0.2, 0.25) is 0 Å². The van der Waals surface area contributed by atoms with E-state index in [9.17, 15) is 8.78 Å². The number of nitrogens with zero attached hydrogens (tertiary/aromatic N) is 7. The molecule has 0 fully saturated rings. The maximum atomic E-state index is 14.5. The summed E-state index contributed by atoms with van der Waals surface area (Å²) in [6.45, 7) is 10.4. The van der Waals surface area contributed by atoms with E-state index < -0.39 is 17.0 Å². The van der Waals surface area contributed by atoms with Crippen LogP contribution in [0, 0.1) is 24.0 Å². The van der Waals surface area contributed by atoms with Crippen LogP contribution in [0.3, 0.4) is 0 Å². The molecule has 1 aliphatic carbocycles. The van der Waals surface area contributed by atoms with Crippen molar-refractivity contribution < 1.29 is 8.78 Å². The molecule has 3 aromatic heterocycles. The summed E-state index contributed by atoms with van der Waals surface area (Å²) in [6.07, 6.45) is 4.10. The van der Waals surface area contributed by atoms with Crippen LogP contribution in [-0.2, 0) is 5.41 Å². The molecule has 0 saturated heterocycles. The maximum Gasteiger partial charge on any atom is 0.252 e. The van der Waals surface area contributed by atoms with Crippen LogP contribution in [0.1, 0.15) is 62.8 Å². The van der Waals surface area contributed by atoms with E-state index in [2.05, 4.69) is 53.0 Å². The number of aromatic nitrogens is 7. The van der Waals surface area contributed by atoms with Gasteiger partial charge in [0.2, 0.25) is 0 Å². The zero-order chi connectivity index (χ0) is 24.3. The van der Waals surface area contributed by atoms with Crippen molar-refractivity contribution in [2.45, 2.75) is 52.4 Å². The van der Waals surface area contributed by atoms with Crippen molar-refractivity contribution in [1.29, 1.82) is 0 Å². The third-order valence-electron chi connectivity index (χ3n) is 7.43. The molecule has 1 aromatic carbocycles. The van der Waals surface area contributed by atoms with Gasteiger partial charge in [0, 0.05) is 6.20 Å². The third-order valence-corrected chi connectivity index (χ3v) is 7.43. The van der Waals surface area contributed by atoms with Gasteiger partial charge in [-0.1, -0.05) is 26.8 Å². The van der Waals surface area contributed by atoms with Crippen molar-refractivity contribution in [3.05, 3.63) is 77.3 Å². The van der Waals surface area contributed by atoms with E-state index in [0.29, 0.717) is 11.8 Å². The molecule has 7 nitrogen and oxygen atoms in total. The topological polar surface area (TPSA) is 82.3 Å². The number of halogens is 2. The molecule has 0 aliphatic heterocycles. The van der Waals surface area contributed by atoms with Crippen molar-refractivity contribution in [1.82, 2.24) is 34.9 Å². The van der Waals surface area contributed by atoms with Crippen molar-refractivity contribution in [2.24, 2.45) is 5.41 Å². The van der Waals surface area contributed by atoms with Crippen LogP contribution in [0.15, 0.2) is 42.9 Å². The van der Waals surface area contributed by atoms with Crippen molar-refractivity contribution in [3.63, 3.8) is 0 Å². The van der Waals surface area contributed by atoms with Crippen molar-refractivity contribution >= 4 is 0 Å². The van der Waals surface area contributed by atoms with Crippen LogP contribution in [0.25, 0.3) is 17.2 Å². The van der Waals surface area contributed by atoms with Gasteiger partial charge in [0.1, 0.15) is 23.8 Å². The molecular formula is C25H25F2N7. The average Bonchev–Trinajstić information content (AvgIpc) is 3.31. The highest BCUT2D eigenvalue weighted by Gasteiger charge is 2.57. The van der Waals surface area contributed by atoms with Crippen LogP contribution in [0.5, 0.6) is 0 Å². The van der Waals surface area contributed by atoms with Gasteiger partial charge < -0.3 is 0 Å². The number of benzene rings is 1. The van der Waals surface area contributed by atoms with E-state index in [-0.39, 0.29) is 22.6 Å². The monoisotopic (exact) mass is 461 g/mol. The van der Waals surface area contributed by atoms with E-state index in [4.69, 9.17) is 4.98 Å². The molecule has 1 aliphatic rings. The molecule has 2 atom stereocenters. The lowest BCUT2D eigenvalue weighted by molar-refractivity contribution is 0.189. The van der Waals surface area contributed by atoms with Crippen molar-refractivity contribution in [2.75, 3.05) is 0 Å². The molecule has 0 saturated carbocycles. The van der Waals surface area contributed by atoms with Crippen LogP contribution < -0.4 is 0 Å². The predicted molar refractivity (Wildman–Crippen MR) is 122 cm³/mol. The van der Waals surface area contributed by atoms with Gasteiger partial charge in [-0.3, -0.25) is 0 Å². The van der Waals surface area contributed by atoms with Gasteiger partial charge in [0.05, 0.1) is 28.1 Å². The zero-order valence-electron chi connectivity index (χ0n) is 19.7. The second-order valence-corrected chi connectivity index (χ2v) is 9.42. The fourth-order valence-corrected chi connectivity index (χ4v) is 5.33. The summed E-state index contributed by atoms with van der Waals surface area (Å²) in [6, 6.07) is 7.46. The Bertz CT molecular complexity index is 1380. The molecule has 174 valence electrons. The first-order valence-electron chi connectivity index (χ1n) is 11.2. The lowest BCUT2D eigenvalue weighted by Gasteiger charge is -2.41. The fraction of sp³-hybridized carbons (Fsp3) is 0.360. The smallest absolute Gasteiger partial charge is 0.220 e. The molecule has 0 radical (unpaired) electrons. The van der Waals surface area contributed by atoms with Gasteiger partial charge in [0.25, 0.3) is 5.95 Å². The second kappa shape index (κ2) is 7.72. The second-order valence-electron chi connectivity index (χ2n) is 9.42. The maximum absolute atomic E-state index is 14.5. The SMILES string of the molecule is CC[C@H]1c2cc(-c3c(F)cccc3F)nnc2[C@](C)(c2ccnc(-n3cnc(C)n3)n2)C1(C)C. The van der Waals surface area contributed by atoms with Gasteiger partial charge >= 0.3 is 0 Å². The molecule has 0 spiro atoms. The molecular weight excluding hydrogens is 436 g/mol. The number of hydrogen-bond donors (Lipinski definition) is 0. The zero-order valence-corrected chi connectivity index (χ0v) is 19.7. The highest BCUT2D eigenvalue weighted by molar-refractivity contribution is 5.63. The van der Waals surface area contributed by atoms with Gasteiger partial charge in [-0.25, -0.2) is 23.7 Å². The molecule has 34 heavy (non-hydrogen) atoms. The van der Waals surface area contributed by atoms with E-state index in [1.165, 1.54) is 22.9 Å². The number of rotatable bonds is 4. The van der Waals surface area contributed by atoms with Crippen LogP contribution in [-0.4, -0.2) is 34.9 Å². The summed E-state index contributed by atoms with van der Waals surface area (Å²) in [4.78, 5) is 13.4. The third kappa shape index (κ3) is 3.06. The highest BCUT2D eigenvalue weighted by Crippen LogP contribution is 2.61. The van der Waals surface area contributed by atoms with Gasteiger partial charge in [-0.15, -0.1) is 10.2 Å². The van der Waals surface area contributed by atoms with Gasteiger partial charge in [-0.2, -0.15) is 9.78 Å². The summed E-state index contributed by atoms with van der Waals surface area (Å²) in [5, 5.41) is 13.2. The fourth-order valence-electron chi connectivity index (χ4n) is 5.33. The predicted octanol–water partition coefficient (Wildman–Crippen LogP) is 4.94. The van der Waals surface area contributed by atoms with Crippen LogP contribution >= 0.6 is 0 Å². The number of aryl methyl sites for hydroxylation is 1. The summed E-state index contributed by atoms with van der Waals surface area (Å²) in [5.74, 6) is -0.216. The molecule has 9 heteroatoms. The molecule has 0 amide bonds. The first kappa shape index (κ1) is 22.2. The lowest BCUT2D eigenvalue weighted by atomic mass is 9.62. The van der Waals surface area contributed by atoms with Crippen LogP contribution in [0.4, 0.5) is 8.78 Å². The Kier molecular flexibility index (Phi) is 5.03. The van der Waals surface area contributed by atoms with E-state index in [0.717, 1.165) is 23.4 Å². The minimum atomic E-state index is -0.661. The summed E-state index contributed by atoms with van der Waals surface area (Å²) < 4.78 is 30.6. The van der Waals surface area contributed by atoms with E-state index in [1.807, 2.05) is 6.07 Å². The molecule has 3 heterocycles. The molecule has 4 aromatic rings. The Hall–Kier alpha value is -3.62. The first-order chi connectivity index (χ1) is 16.2. The Morgan fingerprint density at radius 1 is 1.03 bits per heavy atom. The molecule has 0 unspecified atom stereocenters. The molecule has 0 N–H and O–H groups in total. The Balaban J connectivity index is 1.70. The minimum Gasteiger partial charge on any atom is -0.220 e. The van der Waals surface area contributed by atoms with Crippen molar-refractivity contribution in [3.8, 4) is 17.2 Å². The number of hydrogen-bond acceptors (Lipinski definition) is 6.